The standard InChI is InChI=1S/C9H7ClFN3/c1-14-9(11)12-8(13-14)6-2-4-7(10)5-3-6/h2-5H,1H3. The van der Waals surface area contributed by atoms with E-state index in [2.05, 4.69) is 10.1 Å². The highest BCUT2D eigenvalue weighted by molar-refractivity contribution is 6.30. The van der Waals surface area contributed by atoms with Crippen molar-refractivity contribution in [3.63, 3.8) is 0 Å². The van der Waals surface area contributed by atoms with Crippen LogP contribution in [-0.2, 0) is 7.05 Å². The zero-order valence-corrected chi connectivity index (χ0v) is 8.16. The van der Waals surface area contributed by atoms with Gasteiger partial charge in [0.1, 0.15) is 0 Å². The van der Waals surface area contributed by atoms with Gasteiger partial charge in [-0.3, -0.25) is 0 Å². The van der Waals surface area contributed by atoms with E-state index >= 15 is 0 Å². The third-order valence-corrected chi connectivity index (χ3v) is 2.06. The summed E-state index contributed by atoms with van der Waals surface area (Å²) in [6, 6.07) is 6.92. The average molecular weight is 212 g/mol. The molecule has 0 atom stereocenters. The summed E-state index contributed by atoms with van der Waals surface area (Å²) in [5.41, 5.74) is 0.744. The fraction of sp³-hybridized carbons (Fsp3) is 0.111. The van der Waals surface area contributed by atoms with Gasteiger partial charge in [-0.15, -0.1) is 5.10 Å². The molecule has 0 N–H and O–H groups in total. The number of hydrogen-bond donors (Lipinski definition) is 0. The van der Waals surface area contributed by atoms with Crippen LogP contribution in [0.2, 0.25) is 5.02 Å². The highest BCUT2D eigenvalue weighted by atomic mass is 35.5. The lowest BCUT2D eigenvalue weighted by Gasteiger charge is -1.93. The number of halogens is 2. The molecule has 1 aromatic heterocycles. The van der Waals surface area contributed by atoms with E-state index in [4.69, 9.17) is 11.6 Å². The quantitative estimate of drug-likeness (QED) is 0.725. The molecule has 0 aliphatic carbocycles. The molecule has 0 aliphatic rings. The Kier molecular flexibility index (Phi) is 2.21. The predicted octanol–water partition coefficient (Wildman–Crippen LogP) is 2.27. The third kappa shape index (κ3) is 1.61. The summed E-state index contributed by atoms with van der Waals surface area (Å²) < 4.78 is 14.0. The Morgan fingerprint density at radius 2 is 1.93 bits per heavy atom. The van der Waals surface area contributed by atoms with Crippen molar-refractivity contribution in [2.24, 2.45) is 7.05 Å². The molecule has 1 heterocycles. The van der Waals surface area contributed by atoms with E-state index in [1.807, 2.05) is 0 Å². The number of benzene rings is 1. The Morgan fingerprint density at radius 1 is 1.29 bits per heavy atom. The Morgan fingerprint density at radius 3 is 2.43 bits per heavy atom. The predicted molar refractivity (Wildman–Crippen MR) is 51.4 cm³/mol. The molecule has 0 unspecified atom stereocenters. The van der Waals surface area contributed by atoms with Gasteiger partial charge in [-0.2, -0.15) is 9.37 Å². The van der Waals surface area contributed by atoms with Crippen molar-refractivity contribution in [2.45, 2.75) is 0 Å². The van der Waals surface area contributed by atoms with Gasteiger partial charge >= 0.3 is 6.08 Å². The van der Waals surface area contributed by atoms with E-state index in [0.29, 0.717) is 10.8 Å². The Hall–Kier alpha value is -1.42. The Bertz CT molecular complexity index is 430. The van der Waals surface area contributed by atoms with Crippen molar-refractivity contribution in [3.8, 4) is 11.4 Å². The van der Waals surface area contributed by atoms with Crippen molar-refractivity contribution in [3.05, 3.63) is 35.4 Å². The topological polar surface area (TPSA) is 30.7 Å². The van der Waals surface area contributed by atoms with Crippen LogP contribution in [0, 0.1) is 6.08 Å². The van der Waals surface area contributed by atoms with Crippen molar-refractivity contribution >= 4 is 11.6 Å². The molecule has 0 amide bonds. The molecule has 2 rings (SSSR count). The van der Waals surface area contributed by atoms with Crippen LogP contribution in [0.4, 0.5) is 4.39 Å². The minimum absolute atomic E-state index is 0.363. The highest BCUT2D eigenvalue weighted by Crippen LogP contribution is 2.17. The largest absolute Gasteiger partial charge is 0.307 e. The number of nitrogens with zero attached hydrogens (tertiary/aromatic N) is 3. The first-order valence-corrected chi connectivity index (χ1v) is 4.37. The van der Waals surface area contributed by atoms with Gasteiger partial charge in [0.25, 0.3) is 0 Å². The van der Waals surface area contributed by atoms with Crippen LogP contribution in [0.5, 0.6) is 0 Å². The van der Waals surface area contributed by atoms with Crippen molar-refractivity contribution in [1.82, 2.24) is 14.8 Å². The van der Waals surface area contributed by atoms with Crippen molar-refractivity contribution in [1.29, 1.82) is 0 Å². The van der Waals surface area contributed by atoms with Crippen LogP contribution in [-0.4, -0.2) is 14.8 Å². The molecule has 0 aliphatic heterocycles. The maximum atomic E-state index is 12.9. The molecular formula is C9H7ClFN3. The lowest BCUT2D eigenvalue weighted by atomic mass is 10.2. The van der Waals surface area contributed by atoms with E-state index in [9.17, 15) is 4.39 Å². The lowest BCUT2D eigenvalue weighted by Crippen LogP contribution is -1.93. The number of rotatable bonds is 1. The summed E-state index contributed by atoms with van der Waals surface area (Å²) in [7, 11) is 1.50. The maximum absolute atomic E-state index is 12.9. The summed E-state index contributed by atoms with van der Waals surface area (Å²) in [6.07, 6.45) is -0.602. The van der Waals surface area contributed by atoms with Crippen molar-refractivity contribution < 1.29 is 4.39 Å². The second-order valence-corrected chi connectivity index (χ2v) is 3.27. The Balaban J connectivity index is 2.44. The molecule has 5 heteroatoms. The van der Waals surface area contributed by atoms with E-state index in [-0.39, 0.29) is 0 Å². The lowest BCUT2D eigenvalue weighted by molar-refractivity contribution is 0.477. The SMILES string of the molecule is Cn1nc(-c2ccc(Cl)cc2)nc1F. The summed E-state index contributed by atoms with van der Waals surface area (Å²) in [4.78, 5) is 3.65. The molecule has 0 saturated carbocycles. The van der Waals surface area contributed by atoms with Gasteiger partial charge in [0, 0.05) is 17.6 Å². The number of hydrogen-bond acceptors (Lipinski definition) is 2. The van der Waals surface area contributed by atoms with Gasteiger partial charge in [-0.1, -0.05) is 11.6 Å². The van der Waals surface area contributed by atoms with E-state index in [1.165, 1.54) is 7.05 Å². The first kappa shape index (κ1) is 9.15. The summed E-state index contributed by atoms with van der Waals surface area (Å²) in [5, 5.41) is 4.53. The molecule has 0 saturated heterocycles. The Labute approximate surface area is 85.1 Å². The molecule has 0 spiro atoms. The monoisotopic (exact) mass is 211 g/mol. The van der Waals surface area contributed by atoms with E-state index in [1.54, 1.807) is 24.3 Å². The van der Waals surface area contributed by atoms with Crippen LogP contribution < -0.4 is 0 Å². The molecule has 1 aromatic carbocycles. The smallest absolute Gasteiger partial charge is 0.224 e. The average Bonchev–Trinajstić information content (AvgIpc) is 2.48. The molecule has 0 fully saturated rings. The minimum atomic E-state index is -0.602. The van der Waals surface area contributed by atoms with Gasteiger partial charge in [0.05, 0.1) is 0 Å². The zero-order valence-electron chi connectivity index (χ0n) is 7.41. The van der Waals surface area contributed by atoms with Gasteiger partial charge in [0.15, 0.2) is 5.82 Å². The van der Waals surface area contributed by atoms with Gasteiger partial charge in [0.2, 0.25) is 0 Å². The fourth-order valence-electron chi connectivity index (χ4n) is 1.09. The molecule has 3 nitrogen and oxygen atoms in total. The molecule has 0 bridgehead atoms. The molecule has 0 radical (unpaired) electrons. The van der Waals surface area contributed by atoms with Gasteiger partial charge in [-0.25, -0.2) is 4.68 Å². The number of aryl methyl sites for hydroxylation is 1. The first-order chi connectivity index (χ1) is 6.66. The number of aromatic nitrogens is 3. The highest BCUT2D eigenvalue weighted by Gasteiger charge is 2.07. The summed E-state index contributed by atoms with van der Waals surface area (Å²) in [6.45, 7) is 0. The van der Waals surface area contributed by atoms with Crippen molar-refractivity contribution in [2.75, 3.05) is 0 Å². The zero-order chi connectivity index (χ0) is 10.1. The normalized spacial score (nSPS) is 10.5. The van der Waals surface area contributed by atoms with Crippen LogP contribution in [0.3, 0.4) is 0 Å². The molecule has 72 valence electrons. The van der Waals surface area contributed by atoms with Crippen LogP contribution in [0.1, 0.15) is 0 Å². The van der Waals surface area contributed by atoms with Crippen LogP contribution in [0.25, 0.3) is 11.4 Å². The van der Waals surface area contributed by atoms with E-state index < -0.39 is 6.08 Å². The molecule has 14 heavy (non-hydrogen) atoms. The fourth-order valence-corrected chi connectivity index (χ4v) is 1.21. The first-order valence-electron chi connectivity index (χ1n) is 3.99. The third-order valence-electron chi connectivity index (χ3n) is 1.81. The summed E-state index contributed by atoms with van der Waals surface area (Å²) >= 11 is 5.72. The molecule has 2 aromatic rings. The second-order valence-electron chi connectivity index (χ2n) is 2.83. The minimum Gasteiger partial charge on any atom is -0.224 e. The van der Waals surface area contributed by atoms with Gasteiger partial charge < -0.3 is 0 Å². The maximum Gasteiger partial charge on any atom is 0.307 e. The van der Waals surface area contributed by atoms with Gasteiger partial charge in [-0.05, 0) is 24.3 Å². The van der Waals surface area contributed by atoms with Crippen LogP contribution in [0.15, 0.2) is 24.3 Å². The van der Waals surface area contributed by atoms with Crippen LogP contribution >= 0.6 is 11.6 Å². The van der Waals surface area contributed by atoms with E-state index in [0.717, 1.165) is 10.2 Å². The molecular weight excluding hydrogens is 205 g/mol. The second kappa shape index (κ2) is 3.38. The summed E-state index contributed by atoms with van der Waals surface area (Å²) in [5.74, 6) is 0.363.